The predicted molar refractivity (Wildman–Crippen MR) is 108 cm³/mol. The topological polar surface area (TPSA) is 190 Å². The van der Waals surface area contributed by atoms with Gasteiger partial charge >= 0.3 is 12.4 Å². The number of rotatable bonds is 1. The van der Waals surface area contributed by atoms with Gasteiger partial charge in [-0.15, -0.1) is 0 Å². The third kappa shape index (κ3) is 4.50. The molecule has 0 heterocycles. The monoisotopic (exact) mass is 516 g/mol. The van der Waals surface area contributed by atoms with Gasteiger partial charge in [0, 0.05) is 16.0 Å². The number of nitriles is 8. The van der Waals surface area contributed by atoms with E-state index in [1.54, 1.807) is 0 Å². The molecular formula is C24H2F6N8. The first kappa shape index (κ1) is 27.9. The minimum Gasteiger partial charge on any atom is -0.192 e. The first-order valence-electron chi connectivity index (χ1n) is 9.33. The van der Waals surface area contributed by atoms with Crippen LogP contribution >= 0.6 is 0 Å². The maximum atomic E-state index is 14.1. The second-order valence-corrected chi connectivity index (χ2v) is 6.83. The van der Waals surface area contributed by atoms with Crippen LogP contribution in [-0.2, 0) is 12.4 Å². The van der Waals surface area contributed by atoms with Crippen molar-refractivity contribution in [2.75, 3.05) is 0 Å². The Labute approximate surface area is 208 Å². The van der Waals surface area contributed by atoms with Gasteiger partial charge in [-0.2, -0.15) is 68.4 Å². The zero-order valence-corrected chi connectivity index (χ0v) is 18.0. The van der Waals surface area contributed by atoms with Crippen LogP contribution in [0, 0.1) is 90.6 Å². The Morgan fingerprint density at radius 2 is 1.11 bits per heavy atom. The van der Waals surface area contributed by atoms with Crippen molar-refractivity contribution < 1.29 is 26.3 Å². The smallest absolute Gasteiger partial charge is 0.192 e. The maximum absolute atomic E-state index is 14.1. The second kappa shape index (κ2) is 10.1. The van der Waals surface area contributed by atoms with Crippen LogP contribution in [0.15, 0.2) is 12.1 Å². The predicted octanol–water partition coefficient (Wildman–Crippen LogP) is 3.00. The molecule has 0 saturated carbocycles. The van der Waals surface area contributed by atoms with Crippen molar-refractivity contribution in [2.24, 2.45) is 0 Å². The fourth-order valence-corrected chi connectivity index (χ4v) is 3.48. The molecule has 0 aromatic heterocycles. The van der Waals surface area contributed by atoms with Gasteiger partial charge < -0.3 is 0 Å². The molecule has 0 radical (unpaired) electrons. The van der Waals surface area contributed by atoms with E-state index in [-0.39, 0.29) is 6.07 Å². The highest BCUT2D eigenvalue weighted by molar-refractivity contribution is 5.84. The SMILES string of the molecule is N#CC(C#N)=c1c(C#N)c/c(=C(\C#N)c2cc(C(F)(F)F)c(C#N)c(C#N)c2C(F)(F)F)c(C#N)c1C#N. The normalized spacial score (nSPS) is 11.1. The van der Waals surface area contributed by atoms with E-state index in [0.717, 1.165) is 12.1 Å². The average molecular weight is 516 g/mol. The summed E-state index contributed by atoms with van der Waals surface area (Å²) in [6.07, 6.45) is -11.1. The molecule has 14 heteroatoms. The van der Waals surface area contributed by atoms with Crippen molar-refractivity contribution in [3.05, 3.63) is 67.1 Å². The molecule has 0 fully saturated rings. The van der Waals surface area contributed by atoms with Crippen LogP contribution < -0.4 is 10.4 Å². The van der Waals surface area contributed by atoms with Crippen LogP contribution in [0.25, 0.3) is 11.1 Å². The molecule has 0 atom stereocenters. The van der Waals surface area contributed by atoms with E-state index in [1.807, 2.05) is 0 Å². The van der Waals surface area contributed by atoms with Crippen molar-refractivity contribution in [3.8, 4) is 48.6 Å². The van der Waals surface area contributed by atoms with Gasteiger partial charge in [0.2, 0.25) is 0 Å². The van der Waals surface area contributed by atoms with E-state index in [1.165, 1.54) is 36.4 Å². The lowest BCUT2D eigenvalue weighted by Crippen LogP contribution is -2.27. The number of halogens is 6. The molecule has 8 nitrogen and oxygen atoms in total. The third-order valence-corrected chi connectivity index (χ3v) is 4.94. The lowest BCUT2D eigenvalue weighted by Gasteiger charge is -2.19. The van der Waals surface area contributed by atoms with Gasteiger partial charge in [0.15, 0.2) is 0 Å². The molecule has 0 aliphatic carbocycles. The summed E-state index contributed by atoms with van der Waals surface area (Å²) in [6.45, 7) is 0. The molecule has 0 aliphatic heterocycles. The van der Waals surface area contributed by atoms with Gasteiger partial charge in [-0.3, -0.25) is 0 Å². The highest BCUT2D eigenvalue weighted by Gasteiger charge is 2.44. The Hall–Kier alpha value is -6.32. The summed E-state index contributed by atoms with van der Waals surface area (Å²) in [5.41, 5.74) is -13.8. The molecule has 38 heavy (non-hydrogen) atoms. The zero-order chi connectivity index (χ0) is 29.0. The highest BCUT2D eigenvalue weighted by Crippen LogP contribution is 2.43. The second-order valence-electron chi connectivity index (χ2n) is 6.83. The minimum atomic E-state index is -5.61. The molecular weight excluding hydrogens is 514 g/mol. The number of nitrogens with zero attached hydrogens (tertiary/aromatic N) is 8. The Balaban J connectivity index is 3.58. The first-order chi connectivity index (χ1) is 17.8. The number of benzene rings is 2. The van der Waals surface area contributed by atoms with Crippen molar-refractivity contribution in [1.29, 1.82) is 42.1 Å². The molecule has 0 spiro atoms. The standard InChI is InChI=1S/C24H2F6N8/c25-23(26,27)20-2-14(22(24(28,29)30)19(10-38)17(20)8-36)15(6-34)13-1-11(3-31)21(12(4-32)5-33)18(9-37)16(13)7-35/h1-2H/b15-13-. The van der Waals surface area contributed by atoms with Gasteiger partial charge in [-0.05, 0) is 12.1 Å². The van der Waals surface area contributed by atoms with Crippen LogP contribution in [0.2, 0.25) is 0 Å². The Kier molecular flexibility index (Phi) is 7.44. The molecule has 0 unspecified atom stereocenters. The Morgan fingerprint density at radius 1 is 0.579 bits per heavy atom. The molecule has 2 aromatic rings. The number of hydrogen-bond donors (Lipinski definition) is 0. The van der Waals surface area contributed by atoms with E-state index in [0.29, 0.717) is 6.07 Å². The van der Waals surface area contributed by atoms with E-state index in [9.17, 15) is 52.7 Å². The molecule has 0 N–H and O–H groups in total. The van der Waals surface area contributed by atoms with Gasteiger partial charge in [-0.25, -0.2) is 0 Å². The van der Waals surface area contributed by atoms with Crippen LogP contribution in [0.5, 0.6) is 0 Å². The van der Waals surface area contributed by atoms with E-state index < -0.39 is 78.4 Å². The van der Waals surface area contributed by atoms with Crippen LogP contribution in [0.1, 0.15) is 44.5 Å². The molecule has 180 valence electrons. The summed E-state index contributed by atoms with van der Waals surface area (Å²) >= 11 is 0. The Bertz CT molecular complexity index is 1860. The maximum Gasteiger partial charge on any atom is 0.418 e. The molecule has 0 amide bonds. The van der Waals surface area contributed by atoms with Crippen molar-refractivity contribution in [1.82, 2.24) is 0 Å². The fourth-order valence-electron chi connectivity index (χ4n) is 3.48. The van der Waals surface area contributed by atoms with E-state index in [2.05, 4.69) is 0 Å². The summed E-state index contributed by atoms with van der Waals surface area (Å²) in [5, 5.41) is 73.6. The van der Waals surface area contributed by atoms with E-state index >= 15 is 0 Å². The van der Waals surface area contributed by atoms with Crippen molar-refractivity contribution in [3.63, 3.8) is 0 Å². The minimum absolute atomic E-state index is 0.198. The average Bonchev–Trinajstić information content (AvgIpc) is 2.87. The molecule has 0 aliphatic rings. The fraction of sp³-hybridized carbons (Fsp3) is 0.0833. The van der Waals surface area contributed by atoms with Gasteiger partial charge in [0.05, 0.1) is 50.6 Å². The lowest BCUT2D eigenvalue weighted by atomic mass is 9.86. The largest absolute Gasteiger partial charge is 0.418 e. The van der Waals surface area contributed by atoms with Crippen LogP contribution in [-0.4, -0.2) is 0 Å². The molecule has 2 aromatic carbocycles. The zero-order valence-electron chi connectivity index (χ0n) is 18.0. The van der Waals surface area contributed by atoms with Crippen LogP contribution in [0.4, 0.5) is 26.3 Å². The summed E-state index contributed by atoms with van der Waals surface area (Å²) in [7, 11) is 0. The summed E-state index contributed by atoms with van der Waals surface area (Å²) < 4.78 is 83.3. The van der Waals surface area contributed by atoms with Crippen molar-refractivity contribution in [2.45, 2.75) is 12.4 Å². The summed E-state index contributed by atoms with van der Waals surface area (Å²) in [6, 6.07) is 10.4. The van der Waals surface area contributed by atoms with Crippen molar-refractivity contribution >= 4 is 11.1 Å². The molecule has 0 bridgehead atoms. The van der Waals surface area contributed by atoms with E-state index in [4.69, 9.17) is 15.8 Å². The third-order valence-electron chi connectivity index (χ3n) is 4.94. The summed E-state index contributed by atoms with van der Waals surface area (Å²) in [4.78, 5) is 0. The molecule has 2 rings (SSSR count). The Morgan fingerprint density at radius 3 is 1.47 bits per heavy atom. The highest BCUT2D eigenvalue weighted by atomic mass is 19.4. The van der Waals surface area contributed by atoms with Crippen LogP contribution in [0.3, 0.4) is 0 Å². The lowest BCUT2D eigenvalue weighted by molar-refractivity contribution is -0.141. The quantitative estimate of drug-likeness (QED) is 0.517. The van der Waals surface area contributed by atoms with Gasteiger partial charge in [0.25, 0.3) is 0 Å². The van der Waals surface area contributed by atoms with Gasteiger partial charge in [0.1, 0.15) is 48.1 Å². The first-order valence-corrected chi connectivity index (χ1v) is 9.33. The van der Waals surface area contributed by atoms with Gasteiger partial charge in [-0.1, -0.05) is 0 Å². The number of alkyl halides is 6. The summed E-state index contributed by atoms with van der Waals surface area (Å²) in [5.74, 6) is 0. The number of hydrogen-bond acceptors (Lipinski definition) is 8. The molecule has 0 saturated heterocycles.